The molecule has 0 saturated carbocycles. The molecule has 166 valence electrons. The van der Waals surface area contributed by atoms with Crippen molar-refractivity contribution in [3.63, 3.8) is 0 Å². The predicted octanol–water partition coefficient (Wildman–Crippen LogP) is 4.07. The highest BCUT2D eigenvalue weighted by molar-refractivity contribution is 7.92. The molecule has 9 nitrogen and oxygen atoms in total. The van der Waals surface area contributed by atoms with Gasteiger partial charge in [0.05, 0.1) is 34.4 Å². The molecule has 0 heterocycles. The van der Waals surface area contributed by atoms with Gasteiger partial charge in [-0.25, -0.2) is 8.42 Å². The summed E-state index contributed by atoms with van der Waals surface area (Å²) in [7, 11) is -2.48. The van der Waals surface area contributed by atoms with E-state index in [1.807, 2.05) is 0 Å². The second kappa shape index (κ2) is 9.48. The molecule has 0 bridgehead atoms. The Bertz CT molecular complexity index is 1230. The molecule has 3 aromatic rings. The summed E-state index contributed by atoms with van der Waals surface area (Å²) in [5.41, 5.74) is 0.837. The summed E-state index contributed by atoms with van der Waals surface area (Å²) < 4.78 is 32.5. The average Bonchev–Trinajstić information content (AvgIpc) is 2.80. The van der Waals surface area contributed by atoms with Gasteiger partial charge in [-0.05, 0) is 49.4 Å². The molecule has 0 unspecified atom stereocenters. The van der Waals surface area contributed by atoms with Crippen molar-refractivity contribution in [2.45, 2.75) is 11.8 Å². The number of methoxy groups -OCH3 is 1. The third-order valence-electron chi connectivity index (χ3n) is 4.68. The van der Waals surface area contributed by atoms with Crippen LogP contribution in [-0.2, 0) is 10.0 Å². The SMILES string of the molecule is CCN(c1ccccc1)S(=O)(=O)c1ccc(C(=O)Nc2ccc([N+](=O)[O-])cc2OC)cc1. The molecule has 0 atom stereocenters. The molecule has 0 aliphatic rings. The van der Waals surface area contributed by atoms with Gasteiger partial charge in [0.25, 0.3) is 21.6 Å². The molecule has 3 rings (SSSR count). The van der Waals surface area contributed by atoms with E-state index in [2.05, 4.69) is 5.32 Å². The molecule has 10 heteroatoms. The van der Waals surface area contributed by atoms with Crippen LogP contribution in [0.4, 0.5) is 17.1 Å². The maximum atomic E-state index is 13.1. The summed E-state index contributed by atoms with van der Waals surface area (Å²) >= 11 is 0. The molecule has 32 heavy (non-hydrogen) atoms. The van der Waals surface area contributed by atoms with Crippen LogP contribution in [0.25, 0.3) is 0 Å². The van der Waals surface area contributed by atoms with Gasteiger partial charge in [-0.2, -0.15) is 0 Å². The van der Waals surface area contributed by atoms with E-state index < -0.39 is 20.9 Å². The van der Waals surface area contributed by atoms with Crippen LogP contribution in [0.15, 0.2) is 77.7 Å². The lowest BCUT2D eigenvalue weighted by Gasteiger charge is -2.23. The first kappa shape index (κ1) is 22.8. The number of para-hydroxylation sites is 1. The summed E-state index contributed by atoms with van der Waals surface area (Å²) in [6, 6.07) is 18.1. The van der Waals surface area contributed by atoms with Gasteiger partial charge >= 0.3 is 0 Å². The van der Waals surface area contributed by atoms with Gasteiger partial charge in [0.1, 0.15) is 5.75 Å². The molecule has 0 aliphatic heterocycles. The standard InChI is InChI=1S/C22H21N3O6S/c1-3-24(17-7-5-4-6-8-17)32(29,30)19-12-9-16(10-13-19)22(26)23-20-14-11-18(25(27)28)15-21(20)31-2/h4-15H,3H2,1-2H3,(H,23,26). The van der Waals surface area contributed by atoms with Crippen LogP contribution in [0.5, 0.6) is 5.75 Å². The Labute approximate surface area is 185 Å². The third kappa shape index (κ3) is 4.70. The first-order chi connectivity index (χ1) is 15.3. The van der Waals surface area contributed by atoms with E-state index in [1.165, 1.54) is 53.9 Å². The van der Waals surface area contributed by atoms with Crippen molar-refractivity contribution in [1.29, 1.82) is 0 Å². The van der Waals surface area contributed by atoms with Crippen LogP contribution in [0.3, 0.4) is 0 Å². The van der Waals surface area contributed by atoms with E-state index >= 15 is 0 Å². The summed E-state index contributed by atoms with van der Waals surface area (Å²) in [4.78, 5) is 23.0. The van der Waals surface area contributed by atoms with Gasteiger partial charge in [-0.3, -0.25) is 19.2 Å². The summed E-state index contributed by atoms with van der Waals surface area (Å²) in [6.45, 7) is 1.98. The number of benzene rings is 3. The van der Waals surface area contributed by atoms with Crippen LogP contribution < -0.4 is 14.4 Å². The molecule has 0 aromatic heterocycles. The van der Waals surface area contributed by atoms with Crippen molar-refractivity contribution >= 4 is 33.0 Å². The summed E-state index contributed by atoms with van der Waals surface area (Å²) in [5.74, 6) is -0.385. The minimum Gasteiger partial charge on any atom is -0.494 e. The van der Waals surface area contributed by atoms with Crippen LogP contribution in [-0.4, -0.2) is 32.9 Å². The molecule has 1 N–H and O–H groups in total. The van der Waals surface area contributed by atoms with E-state index in [4.69, 9.17) is 4.74 Å². The lowest BCUT2D eigenvalue weighted by molar-refractivity contribution is -0.384. The average molecular weight is 455 g/mol. The summed E-state index contributed by atoms with van der Waals surface area (Å²) in [6.07, 6.45) is 0. The van der Waals surface area contributed by atoms with E-state index in [9.17, 15) is 23.3 Å². The Morgan fingerprint density at radius 3 is 2.28 bits per heavy atom. The number of nitro groups is 1. The van der Waals surface area contributed by atoms with Crippen molar-refractivity contribution in [1.82, 2.24) is 0 Å². The van der Waals surface area contributed by atoms with Crippen LogP contribution in [0.1, 0.15) is 17.3 Å². The maximum Gasteiger partial charge on any atom is 0.273 e. The number of rotatable bonds is 8. The lowest BCUT2D eigenvalue weighted by atomic mass is 10.2. The topological polar surface area (TPSA) is 119 Å². The molecule has 1 amide bonds. The minimum atomic E-state index is -3.81. The summed E-state index contributed by atoms with van der Waals surface area (Å²) in [5, 5.41) is 13.5. The Hall–Kier alpha value is -3.92. The normalized spacial score (nSPS) is 10.9. The van der Waals surface area contributed by atoms with Crippen molar-refractivity contribution in [2.75, 3.05) is 23.3 Å². The van der Waals surface area contributed by atoms with Crippen molar-refractivity contribution < 1.29 is 22.9 Å². The lowest BCUT2D eigenvalue weighted by Crippen LogP contribution is -2.30. The Morgan fingerprint density at radius 1 is 1.06 bits per heavy atom. The van der Waals surface area contributed by atoms with Gasteiger partial charge in [0.15, 0.2) is 0 Å². The Balaban J connectivity index is 1.82. The number of amides is 1. The fourth-order valence-corrected chi connectivity index (χ4v) is 4.56. The van der Waals surface area contributed by atoms with Crippen LogP contribution >= 0.6 is 0 Å². The number of hydrogen-bond donors (Lipinski definition) is 1. The van der Waals surface area contributed by atoms with Gasteiger partial charge in [0.2, 0.25) is 0 Å². The number of carbonyl (C=O) groups is 1. The second-order valence-corrected chi connectivity index (χ2v) is 8.49. The largest absolute Gasteiger partial charge is 0.494 e. The zero-order chi connectivity index (χ0) is 23.3. The molecule has 0 radical (unpaired) electrons. The highest BCUT2D eigenvalue weighted by Crippen LogP contribution is 2.29. The fourth-order valence-electron chi connectivity index (χ4n) is 3.08. The fraction of sp³-hybridized carbons (Fsp3) is 0.136. The quantitative estimate of drug-likeness (QED) is 0.404. The Kier molecular flexibility index (Phi) is 6.74. The zero-order valence-corrected chi connectivity index (χ0v) is 18.2. The number of carbonyl (C=O) groups excluding carboxylic acids is 1. The van der Waals surface area contributed by atoms with Crippen molar-refractivity contribution in [3.05, 3.63) is 88.5 Å². The van der Waals surface area contributed by atoms with Gasteiger partial charge in [0, 0.05) is 18.2 Å². The monoisotopic (exact) mass is 455 g/mol. The van der Waals surface area contributed by atoms with Crippen LogP contribution in [0, 0.1) is 10.1 Å². The number of anilines is 2. The maximum absolute atomic E-state index is 13.1. The number of nitrogens with zero attached hydrogens (tertiary/aromatic N) is 2. The number of ether oxygens (including phenoxy) is 1. The molecular formula is C22H21N3O6S. The molecule has 0 saturated heterocycles. The predicted molar refractivity (Wildman–Crippen MR) is 121 cm³/mol. The number of non-ortho nitro benzene ring substituents is 1. The van der Waals surface area contributed by atoms with Crippen molar-refractivity contribution in [2.24, 2.45) is 0 Å². The van der Waals surface area contributed by atoms with E-state index in [-0.39, 0.29) is 34.1 Å². The minimum absolute atomic E-state index is 0.0488. The highest BCUT2D eigenvalue weighted by Gasteiger charge is 2.24. The van der Waals surface area contributed by atoms with E-state index in [0.29, 0.717) is 5.69 Å². The first-order valence-corrected chi connectivity index (χ1v) is 11.0. The van der Waals surface area contributed by atoms with Crippen LogP contribution in [0.2, 0.25) is 0 Å². The highest BCUT2D eigenvalue weighted by atomic mass is 32.2. The Morgan fingerprint density at radius 2 is 1.72 bits per heavy atom. The molecule has 3 aromatic carbocycles. The number of nitrogens with one attached hydrogen (secondary N) is 1. The van der Waals surface area contributed by atoms with Gasteiger partial charge < -0.3 is 10.1 Å². The van der Waals surface area contributed by atoms with E-state index in [0.717, 1.165) is 0 Å². The molecule has 0 fully saturated rings. The molecule has 0 aliphatic carbocycles. The van der Waals surface area contributed by atoms with Gasteiger partial charge in [-0.15, -0.1) is 0 Å². The zero-order valence-electron chi connectivity index (χ0n) is 17.4. The van der Waals surface area contributed by atoms with Crippen molar-refractivity contribution in [3.8, 4) is 5.75 Å². The van der Waals surface area contributed by atoms with E-state index in [1.54, 1.807) is 37.3 Å². The number of nitro benzene ring substituents is 1. The third-order valence-corrected chi connectivity index (χ3v) is 6.60. The number of hydrogen-bond acceptors (Lipinski definition) is 6. The first-order valence-electron chi connectivity index (χ1n) is 9.59. The second-order valence-electron chi connectivity index (χ2n) is 6.63. The molecule has 0 spiro atoms. The molecular weight excluding hydrogens is 434 g/mol. The van der Waals surface area contributed by atoms with Gasteiger partial charge in [-0.1, -0.05) is 18.2 Å². The number of sulfonamides is 1. The smallest absolute Gasteiger partial charge is 0.273 e.